The first-order valence-corrected chi connectivity index (χ1v) is 11.8. The Morgan fingerprint density at radius 3 is 2.57 bits per heavy atom. The molecule has 160 valence electrons. The van der Waals surface area contributed by atoms with Gasteiger partial charge in [-0.1, -0.05) is 23.8 Å². The van der Waals surface area contributed by atoms with Crippen LogP contribution in [0.2, 0.25) is 0 Å². The van der Waals surface area contributed by atoms with E-state index in [2.05, 4.69) is 41.5 Å². The van der Waals surface area contributed by atoms with Crippen LogP contribution in [0.25, 0.3) is 11.4 Å². The van der Waals surface area contributed by atoms with Gasteiger partial charge in [-0.3, -0.25) is 14.5 Å². The van der Waals surface area contributed by atoms with Gasteiger partial charge in [0.1, 0.15) is 0 Å². The average Bonchev–Trinajstić information content (AvgIpc) is 3.06. The van der Waals surface area contributed by atoms with Crippen molar-refractivity contribution in [3.63, 3.8) is 0 Å². The summed E-state index contributed by atoms with van der Waals surface area (Å²) in [7, 11) is 0. The molecule has 4 aliphatic carbocycles. The molecule has 4 aliphatic rings. The van der Waals surface area contributed by atoms with Crippen LogP contribution in [0.3, 0.4) is 0 Å². The standard InChI is InChI=1S/C24H32N4OS/c1-15-4-3-5-20(8-15)22-26-27-23(30)28(22)7-6-21(29)25-16(2)24-12-17-9-18(13-24)11-19(10-17)14-24/h3-5,8,16-19H,6-7,9-14H2,1-2H3,(H,25,29)(H,27,30). The normalized spacial score (nSPS) is 30.4. The number of aryl methyl sites for hydroxylation is 1. The zero-order valence-corrected chi connectivity index (χ0v) is 18.8. The van der Waals surface area contributed by atoms with Crippen LogP contribution < -0.4 is 5.32 Å². The molecule has 6 rings (SSSR count). The topological polar surface area (TPSA) is 62.7 Å². The number of carbonyl (C=O) groups is 1. The lowest BCUT2D eigenvalue weighted by atomic mass is 9.48. The summed E-state index contributed by atoms with van der Waals surface area (Å²) in [5.74, 6) is 3.62. The van der Waals surface area contributed by atoms with E-state index in [9.17, 15) is 4.79 Å². The van der Waals surface area contributed by atoms with E-state index >= 15 is 0 Å². The van der Waals surface area contributed by atoms with E-state index in [1.54, 1.807) is 0 Å². The predicted molar refractivity (Wildman–Crippen MR) is 120 cm³/mol. The largest absolute Gasteiger partial charge is 0.353 e. The van der Waals surface area contributed by atoms with Crippen molar-refractivity contribution in [3.05, 3.63) is 34.6 Å². The molecule has 1 unspecified atom stereocenters. The maximum Gasteiger partial charge on any atom is 0.222 e. The van der Waals surface area contributed by atoms with Gasteiger partial charge in [0.25, 0.3) is 0 Å². The third-order valence-corrected chi connectivity index (χ3v) is 8.29. The lowest BCUT2D eigenvalue weighted by Gasteiger charge is -2.59. The van der Waals surface area contributed by atoms with Crippen LogP contribution in [0.4, 0.5) is 0 Å². The molecule has 0 saturated heterocycles. The molecule has 0 spiro atoms. The Kier molecular flexibility index (Phi) is 5.08. The third-order valence-electron chi connectivity index (χ3n) is 7.98. The van der Waals surface area contributed by atoms with E-state index in [0.717, 1.165) is 29.1 Å². The Balaban J connectivity index is 1.24. The summed E-state index contributed by atoms with van der Waals surface area (Å²) in [6.07, 6.45) is 8.64. The minimum Gasteiger partial charge on any atom is -0.353 e. The van der Waals surface area contributed by atoms with Gasteiger partial charge in [0.15, 0.2) is 10.6 Å². The van der Waals surface area contributed by atoms with Crippen LogP contribution >= 0.6 is 12.2 Å². The fraction of sp³-hybridized carbons (Fsp3) is 0.625. The van der Waals surface area contributed by atoms with Crippen LogP contribution in [0.1, 0.15) is 57.4 Å². The number of benzene rings is 1. The first-order chi connectivity index (χ1) is 14.4. The van der Waals surface area contributed by atoms with Gasteiger partial charge in [0, 0.05) is 24.6 Å². The van der Waals surface area contributed by atoms with Gasteiger partial charge in [0.05, 0.1) is 0 Å². The Labute approximate surface area is 183 Å². The molecule has 1 atom stereocenters. The van der Waals surface area contributed by atoms with Crippen LogP contribution in [0.5, 0.6) is 0 Å². The number of rotatable bonds is 6. The molecule has 0 aliphatic heterocycles. The molecular formula is C24H32N4OS. The number of nitrogens with zero attached hydrogens (tertiary/aromatic N) is 2. The molecule has 5 nitrogen and oxygen atoms in total. The van der Waals surface area contributed by atoms with Crippen molar-refractivity contribution in [3.8, 4) is 11.4 Å². The fourth-order valence-corrected chi connectivity index (χ4v) is 7.14. The van der Waals surface area contributed by atoms with Crippen LogP contribution in [0.15, 0.2) is 24.3 Å². The second-order valence-electron chi connectivity index (χ2n) is 10.2. The molecule has 1 amide bonds. The quantitative estimate of drug-likeness (QED) is 0.640. The zero-order valence-electron chi connectivity index (χ0n) is 18.0. The summed E-state index contributed by atoms with van der Waals surface area (Å²) < 4.78 is 2.51. The van der Waals surface area contributed by atoms with Gasteiger partial charge in [-0.05, 0) is 93.8 Å². The van der Waals surface area contributed by atoms with Crippen molar-refractivity contribution < 1.29 is 4.79 Å². The number of hydrogen-bond donors (Lipinski definition) is 2. The number of aromatic nitrogens is 3. The highest BCUT2D eigenvalue weighted by Gasteiger charge is 2.53. The second kappa shape index (κ2) is 7.63. The Bertz CT molecular complexity index is 971. The Morgan fingerprint density at radius 1 is 1.27 bits per heavy atom. The molecule has 6 heteroatoms. The van der Waals surface area contributed by atoms with E-state index in [1.165, 1.54) is 44.1 Å². The SMILES string of the molecule is Cc1cccc(-c2n[nH]c(=S)n2CCC(=O)NC(C)C23CC4CC(CC(C4)C2)C3)c1. The monoisotopic (exact) mass is 424 g/mol. The van der Waals surface area contributed by atoms with Gasteiger partial charge in [0.2, 0.25) is 5.91 Å². The van der Waals surface area contributed by atoms with Crippen molar-refractivity contribution in [1.29, 1.82) is 0 Å². The molecule has 30 heavy (non-hydrogen) atoms. The molecule has 2 N–H and O–H groups in total. The molecule has 4 saturated carbocycles. The van der Waals surface area contributed by atoms with Crippen molar-refractivity contribution in [2.24, 2.45) is 23.2 Å². The highest BCUT2D eigenvalue weighted by atomic mass is 32.1. The molecular weight excluding hydrogens is 392 g/mol. The fourth-order valence-electron chi connectivity index (χ4n) is 6.92. The maximum atomic E-state index is 12.9. The van der Waals surface area contributed by atoms with E-state index in [0.29, 0.717) is 23.2 Å². The van der Waals surface area contributed by atoms with Crippen molar-refractivity contribution in [2.75, 3.05) is 0 Å². The first kappa shape index (κ1) is 20.0. The first-order valence-electron chi connectivity index (χ1n) is 11.4. The molecule has 1 heterocycles. The minimum atomic E-state index is 0.122. The van der Waals surface area contributed by atoms with E-state index in [4.69, 9.17) is 12.2 Å². The highest BCUT2D eigenvalue weighted by molar-refractivity contribution is 7.71. The molecule has 0 radical (unpaired) electrons. The van der Waals surface area contributed by atoms with Crippen molar-refractivity contribution >= 4 is 18.1 Å². The van der Waals surface area contributed by atoms with Crippen LogP contribution in [-0.4, -0.2) is 26.7 Å². The number of nitrogens with one attached hydrogen (secondary N) is 2. The lowest BCUT2D eigenvalue weighted by Crippen LogP contribution is -2.55. The number of amides is 1. The summed E-state index contributed by atoms with van der Waals surface area (Å²) in [4.78, 5) is 12.9. The molecule has 1 aromatic carbocycles. The van der Waals surface area contributed by atoms with Gasteiger partial charge in [-0.15, -0.1) is 0 Å². The van der Waals surface area contributed by atoms with Crippen molar-refractivity contribution in [1.82, 2.24) is 20.1 Å². The second-order valence-corrected chi connectivity index (χ2v) is 10.6. The number of aromatic amines is 1. The highest BCUT2D eigenvalue weighted by Crippen LogP contribution is 2.61. The maximum absolute atomic E-state index is 12.9. The summed E-state index contributed by atoms with van der Waals surface area (Å²) >= 11 is 5.44. The summed E-state index contributed by atoms with van der Waals surface area (Å²) in [5, 5.41) is 10.7. The third kappa shape index (κ3) is 3.64. The molecule has 2 aromatic rings. The van der Waals surface area contributed by atoms with Gasteiger partial charge >= 0.3 is 0 Å². The summed E-state index contributed by atoms with van der Waals surface area (Å²) in [6.45, 7) is 4.85. The molecule has 4 bridgehead atoms. The van der Waals surface area contributed by atoms with Gasteiger partial charge in [-0.2, -0.15) is 5.10 Å². The smallest absolute Gasteiger partial charge is 0.222 e. The molecule has 4 fully saturated rings. The molecule has 1 aromatic heterocycles. The van der Waals surface area contributed by atoms with E-state index in [-0.39, 0.29) is 11.9 Å². The van der Waals surface area contributed by atoms with Gasteiger partial charge < -0.3 is 5.32 Å². The van der Waals surface area contributed by atoms with E-state index in [1.807, 2.05) is 16.7 Å². The number of carbonyl (C=O) groups excluding carboxylic acids is 1. The van der Waals surface area contributed by atoms with Crippen LogP contribution in [0, 0.1) is 34.9 Å². The van der Waals surface area contributed by atoms with Crippen molar-refractivity contribution in [2.45, 2.75) is 71.4 Å². The average molecular weight is 425 g/mol. The van der Waals surface area contributed by atoms with E-state index < -0.39 is 0 Å². The Hall–Kier alpha value is -1.95. The number of H-pyrrole nitrogens is 1. The summed E-state index contributed by atoms with van der Waals surface area (Å²) in [6, 6.07) is 8.47. The van der Waals surface area contributed by atoms with Crippen LogP contribution in [-0.2, 0) is 11.3 Å². The lowest BCUT2D eigenvalue weighted by molar-refractivity contribution is -0.126. The summed E-state index contributed by atoms with van der Waals surface area (Å²) in [5.41, 5.74) is 2.53. The minimum absolute atomic E-state index is 0.122. The van der Waals surface area contributed by atoms with Gasteiger partial charge in [-0.25, -0.2) is 0 Å². The predicted octanol–water partition coefficient (Wildman–Crippen LogP) is 5.03. The zero-order chi connectivity index (χ0) is 20.9. The Morgan fingerprint density at radius 2 is 1.93 bits per heavy atom. The number of hydrogen-bond acceptors (Lipinski definition) is 3.